The zero-order valence-corrected chi connectivity index (χ0v) is 9.53. The summed E-state index contributed by atoms with van der Waals surface area (Å²) in [6, 6.07) is 8.47. The number of phenolic OH excluding ortho intramolecular Hbond substituents is 1. The molecule has 0 radical (unpaired) electrons. The highest BCUT2D eigenvalue weighted by Crippen LogP contribution is 2.25. The molecule has 0 aliphatic rings. The highest BCUT2D eigenvalue weighted by atomic mass is 16.3. The van der Waals surface area contributed by atoms with Crippen LogP contribution in [0.5, 0.6) is 5.75 Å². The van der Waals surface area contributed by atoms with Gasteiger partial charge in [-0.1, -0.05) is 19.1 Å². The number of rotatable bonds is 2. The van der Waals surface area contributed by atoms with E-state index in [1.807, 2.05) is 6.92 Å². The van der Waals surface area contributed by atoms with E-state index in [0.717, 1.165) is 16.8 Å². The number of nitrogens with two attached hydrogens (primary N) is 1. The molecule has 0 fully saturated rings. The van der Waals surface area contributed by atoms with Gasteiger partial charge in [0.15, 0.2) is 0 Å². The lowest BCUT2D eigenvalue weighted by Gasteiger charge is -2.09. The zero-order chi connectivity index (χ0) is 12.4. The Morgan fingerprint density at radius 1 is 1.29 bits per heavy atom. The number of H-pyrrole nitrogens is 1. The van der Waals surface area contributed by atoms with Crippen molar-refractivity contribution in [3.63, 3.8) is 0 Å². The van der Waals surface area contributed by atoms with Gasteiger partial charge in [0.05, 0.1) is 5.69 Å². The van der Waals surface area contributed by atoms with E-state index in [1.54, 1.807) is 30.3 Å². The Hall–Kier alpha value is -2.23. The van der Waals surface area contributed by atoms with Crippen LogP contribution in [-0.2, 0) is 6.42 Å². The molecule has 4 nitrogen and oxygen atoms in total. The van der Waals surface area contributed by atoms with Crippen LogP contribution in [0.15, 0.2) is 35.1 Å². The zero-order valence-electron chi connectivity index (χ0n) is 9.53. The molecule has 4 heteroatoms. The average molecular weight is 230 g/mol. The normalized spacial score (nSPS) is 10.4. The van der Waals surface area contributed by atoms with E-state index >= 15 is 0 Å². The molecule has 0 atom stereocenters. The monoisotopic (exact) mass is 230 g/mol. The Kier molecular flexibility index (Phi) is 2.87. The van der Waals surface area contributed by atoms with Gasteiger partial charge in [0.2, 0.25) is 0 Å². The first-order valence-electron chi connectivity index (χ1n) is 5.43. The van der Waals surface area contributed by atoms with Crippen molar-refractivity contribution >= 4 is 5.69 Å². The summed E-state index contributed by atoms with van der Waals surface area (Å²) in [5.41, 5.74) is 8.21. The summed E-state index contributed by atoms with van der Waals surface area (Å²) in [7, 11) is 0. The van der Waals surface area contributed by atoms with Crippen LogP contribution in [0.1, 0.15) is 12.6 Å². The number of nitrogen functional groups attached to an aromatic ring is 1. The number of pyridine rings is 1. The van der Waals surface area contributed by atoms with Crippen molar-refractivity contribution < 1.29 is 5.11 Å². The number of nitrogens with one attached hydrogen (secondary N) is 1. The Labute approximate surface area is 98.7 Å². The fraction of sp³-hybridized carbons (Fsp3) is 0.154. The molecule has 17 heavy (non-hydrogen) atoms. The minimum atomic E-state index is -0.260. The number of aromatic hydroxyl groups is 1. The summed E-state index contributed by atoms with van der Waals surface area (Å²) >= 11 is 0. The van der Waals surface area contributed by atoms with Crippen molar-refractivity contribution in [1.82, 2.24) is 4.98 Å². The van der Waals surface area contributed by atoms with Gasteiger partial charge in [0.25, 0.3) is 5.56 Å². The number of aryl methyl sites for hydroxylation is 1. The molecule has 0 aliphatic heterocycles. The van der Waals surface area contributed by atoms with Crippen LogP contribution in [0, 0.1) is 0 Å². The van der Waals surface area contributed by atoms with E-state index in [-0.39, 0.29) is 17.0 Å². The lowest BCUT2D eigenvalue weighted by atomic mass is 10.0. The lowest BCUT2D eigenvalue weighted by molar-refractivity contribution is 0.475. The van der Waals surface area contributed by atoms with Crippen LogP contribution in [-0.4, -0.2) is 10.1 Å². The largest absolute Gasteiger partial charge is 0.508 e. The van der Waals surface area contributed by atoms with E-state index in [1.165, 1.54) is 0 Å². The Balaban J connectivity index is 2.61. The molecular weight excluding hydrogens is 216 g/mol. The third-order valence-corrected chi connectivity index (χ3v) is 2.68. The maximum atomic E-state index is 11.4. The molecule has 0 aliphatic carbocycles. The van der Waals surface area contributed by atoms with E-state index in [4.69, 9.17) is 5.73 Å². The molecule has 0 bridgehead atoms. The molecule has 88 valence electrons. The van der Waals surface area contributed by atoms with Crippen molar-refractivity contribution in [3.8, 4) is 16.9 Å². The van der Waals surface area contributed by atoms with Gasteiger partial charge in [-0.2, -0.15) is 0 Å². The molecule has 1 heterocycles. The first kappa shape index (κ1) is 11.3. The summed E-state index contributed by atoms with van der Waals surface area (Å²) in [5.74, 6) is 0.212. The van der Waals surface area contributed by atoms with Gasteiger partial charge in [-0.3, -0.25) is 4.79 Å². The molecular formula is C13H14N2O2. The van der Waals surface area contributed by atoms with Crippen LogP contribution in [0.4, 0.5) is 5.69 Å². The van der Waals surface area contributed by atoms with Gasteiger partial charge in [-0.25, -0.2) is 0 Å². The predicted molar refractivity (Wildman–Crippen MR) is 68.0 cm³/mol. The number of phenols is 1. The molecule has 2 rings (SSSR count). The maximum Gasteiger partial charge on any atom is 0.271 e. The van der Waals surface area contributed by atoms with Crippen LogP contribution in [0.2, 0.25) is 0 Å². The molecule has 0 saturated carbocycles. The van der Waals surface area contributed by atoms with E-state index in [0.29, 0.717) is 6.42 Å². The fourth-order valence-corrected chi connectivity index (χ4v) is 1.76. The number of hydrogen-bond donors (Lipinski definition) is 3. The number of aromatic nitrogens is 1. The van der Waals surface area contributed by atoms with Gasteiger partial charge in [-0.05, 0) is 30.2 Å². The fourth-order valence-electron chi connectivity index (χ4n) is 1.76. The van der Waals surface area contributed by atoms with Crippen molar-refractivity contribution in [3.05, 3.63) is 46.4 Å². The third-order valence-electron chi connectivity index (χ3n) is 2.68. The molecule has 4 N–H and O–H groups in total. The first-order valence-corrected chi connectivity index (χ1v) is 5.43. The van der Waals surface area contributed by atoms with Gasteiger partial charge in [0.1, 0.15) is 5.75 Å². The second-order valence-electron chi connectivity index (χ2n) is 3.85. The van der Waals surface area contributed by atoms with E-state index in [2.05, 4.69) is 4.98 Å². The molecule has 0 unspecified atom stereocenters. The van der Waals surface area contributed by atoms with Gasteiger partial charge >= 0.3 is 0 Å². The summed E-state index contributed by atoms with van der Waals surface area (Å²) in [6.07, 6.45) is 0.714. The van der Waals surface area contributed by atoms with Crippen molar-refractivity contribution in [2.24, 2.45) is 0 Å². The number of anilines is 1. The Morgan fingerprint density at radius 2 is 1.94 bits per heavy atom. The SMILES string of the molecule is CCc1[nH]c(=O)c(N)cc1-c1ccc(O)cc1. The summed E-state index contributed by atoms with van der Waals surface area (Å²) in [5, 5.41) is 9.25. The molecule has 1 aromatic carbocycles. The second kappa shape index (κ2) is 4.33. The average Bonchev–Trinajstić information content (AvgIpc) is 2.33. The standard InChI is InChI=1S/C13H14N2O2/c1-2-12-10(7-11(14)13(17)15-12)8-3-5-9(16)6-4-8/h3-7,16H,2,14H2,1H3,(H,15,17). The Bertz CT molecular complexity index is 585. The number of benzene rings is 1. The summed E-state index contributed by atoms with van der Waals surface area (Å²) < 4.78 is 0. The number of aromatic amines is 1. The lowest BCUT2D eigenvalue weighted by Crippen LogP contribution is -2.14. The topological polar surface area (TPSA) is 79.1 Å². The highest BCUT2D eigenvalue weighted by molar-refractivity contribution is 5.69. The van der Waals surface area contributed by atoms with Crippen LogP contribution in [0.25, 0.3) is 11.1 Å². The quantitative estimate of drug-likeness (QED) is 0.737. The highest BCUT2D eigenvalue weighted by Gasteiger charge is 2.07. The van der Waals surface area contributed by atoms with Crippen molar-refractivity contribution in [2.45, 2.75) is 13.3 Å². The molecule has 0 saturated heterocycles. The molecule has 0 spiro atoms. The van der Waals surface area contributed by atoms with Crippen LogP contribution in [0.3, 0.4) is 0 Å². The predicted octanol–water partition coefficient (Wildman–Crippen LogP) is 1.89. The molecule has 1 aromatic heterocycles. The Morgan fingerprint density at radius 3 is 2.53 bits per heavy atom. The smallest absolute Gasteiger partial charge is 0.271 e. The maximum absolute atomic E-state index is 11.4. The third kappa shape index (κ3) is 2.15. The summed E-state index contributed by atoms with van der Waals surface area (Å²) in [4.78, 5) is 14.2. The van der Waals surface area contributed by atoms with Crippen LogP contribution < -0.4 is 11.3 Å². The molecule has 0 amide bonds. The summed E-state index contributed by atoms with van der Waals surface area (Å²) in [6.45, 7) is 1.96. The van der Waals surface area contributed by atoms with Gasteiger partial charge in [-0.15, -0.1) is 0 Å². The van der Waals surface area contributed by atoms with Crippen molar-refractivity contribution in [2.75, 3.05) is 5.73 Å². The van der Waals surface area contributed by atoms with Crippen LogP contribution >= 0.6 is 0 Å². The first-order chi connectivity index (χ1) is 8.11. The minimum Gasteiger partial charge on any atom is -0.508 e. The number of hydrogen-bond acceptors (Lipinski definition) is 3. The van der Waals surface area contributed by atoms with Crippen molar-refractivity contribution in [1.29, 1.82) is 0 Å². The van der Waals surface area contributed by atoms with E-state index < -0.39 is 0 Å². The van der Waals surface area contributed by atoms with Gasteiger partial charge < -0.3 is 15.8 Å². The van der Waals surface area contributed by atoms with Gasteiger partial charge in [0, 0.05) is 11.3 Å². The molecule has 2 aromatic rings. The van der Waals surface area contributed by atoms with E-state index in [9.17, 15) is 9.90 Å². The second-order valence-corrected chi connectivity index (χ2v) is 3.85. The minimum absolute atomic E-state index is 0.199.